The van der Waals surface area contributed by atoms with E-state index in [1.165, 1.54) is 12.1 Å². The van der Waals surface area contributed by atoms with Crippen LogP contribution in [0.4, 0.5) is 4.39 Å². The number of hydrogen-bond acceptors (Lipinski definition) is 5. The predicted octanol–water partition coefficient (Wildman–Crippen LogP) is 1.55. The first kappa shape index (κ1) is 11.7. The second kappa shape index (κ2) is 5.01. The maximum atomic E-state index is 12.7. The van der Waals surface area contributed by atoms with Crippen LogP contribution in [0.5, 0.6) is 0 Å². The fourth-order valence-electron chi connectivity index (χ4n) is 1.32. The molecule has 5 nitrogen and oxygen atoms in total. The van der Waals surface area contributed by atoms with Crippen LogP contribution in [0.15, 0.2) is 22.9 Å². The van der Waals surface area contributed by atoms with Gasteiger partial charge >= 0.3 is 0 Å². The minimum absolute atomic E-state index is 0.0919. The van der Waals surface area contributed by atoms with Gasteiger partial charge in [0.05, 0.1) is 6.20 Å². The maximum Gasteiger partial charge on any atom is 0.227 e. The summed E-state index contributed by atoms with van der Waals surface area (Å²) in [6, 6.07) is 2.91. The predicted molar refractivity (Wildman–Crippen MR) is 59.5 cm³/mol. The van der Waals surface area contributed by atoms with Crippen LogP contribution in [0.2, 0.25) is 0 Å². The number of pyridine rings is 1. The lowest BCUT2D eigenvalue weighted by Crippen LogP contribution is -2.15. The van der Waals surface area contributed by atoms with E-state index in [9.17, 15) is 4.39 Å². The molecule has 0 aliphatic carbocycles. The normalized spacial score (nSPS) is 12.6. The van der Waals surface area contributed by atoms with Crippen molar-refractivity contribution in [3.05, 3.63) is 30.0 Å². The van der Waals surface area contributed by atoms with E-state index >= 15 is 0 Å². The number of rotatable bonds is 4. The SMILES string of the molecule is CC(N)CCc1nc(-c2ccc(F)cn2)no1. The molecule has 0 aliphatic heterocycles. The van der Waals surface area contributed by atoms with E-state index < -0.39 is 5.82 Å². The molecule has 1 unspecified atom stereocenters. The number of aromatic nitrogens is 3. The van der Waals surface area contributed by atoms with Gasteiger partial charge in [-0.2, -0.15) is 4.98 Å². The van der Waals surface area contributed by atoms with E-state index in [-0.39, 0.29) is 6.04 Å². The van der Waals surface area contributed by atoms with Crippen molar-refractivity contribution in [2.45, 2.75) is 25.8 Å². The zero-order valence-corrected chi connectivity index (χ0v) is 9.43. The monoisotopic (exact) mass is 236 g/mol. The van der Waals surface area contributed by atoms with Crippen LogP contribution < -0.4 is 5.73 Å². The smallest absolute Gasteiger partial charge is 0.227 e. The van der Waals surface area contributed by atoms with Gasteiger partial charge in [-0.15, -0.1) is 0 Å². The number of hydrogen-bond donors (Lipinski definition) is 1. The highest BCUT2D eigenvalue weighted by Gasteiger charge is 2.10. The highest BCUT2D eigenvalue weighted by Crippen LogP contribution is 2.13. The lowest BCUT2D eigenvalue weighted by atomic mass is 10.2. The largest absolute Gasteiger partial charge is 0.339 e. The van der Waals surface area contributed by atoms with Gasteiger partial charge in [-0.3, -0.25) is 0 Å². The third kappa shape index (κ3) is 3.07. The summed E-state index contributed by atoms with van der Waals surface area (Å²) in [4.78, 5) is 8.04. The van der Waals surface area contributed by atoms with E-state index in [2.05, 4.69) is 15.1 Å². The van der Waals surface area contributed by atoms with Crippen molar-refractivity contribution in [2.75, 3.05) is 0 Å². The van der Waals surface area contributed by atoms with Gasteiger partial charge in [0.25, 0.3) is 0 Å². The molecule has 90 valence electrons. The molecule has 1 atom stereocenters. The van der Waals surface area contributed by atoms with Crippen LogP contribution >= 0.6 is 0 Å². The van der Waals surface area contributed by atoms with Crippen LogP contribution in [0.1, 0.15) is 19.2 Å². The zero-order valence-electron chi connectivity index (χ0n) is 9.43. The quantitative estimate of drug-likeness (QED) is 0.871. The van der Waals surface area contributed by atoms with Gasteiger partial charge in [-0.05, 0) is 25.5 Å². The fraction of sp³-hybridized carbons (Fsp3) is 0.364. The molecule has 2 aromatic heterocycles. The number of nitrogens with zero attached hydrogens (tertiary/aromatic N) is 3. The highest BCUT2D eigenvalue weighted by molar-refractivity contribution is 5.47. The number of aryl methyl sites for hydroxylation is 1. The summed E-state index contributed by atoms with van der Waals surface area (Å²) in [5.41, 5.74) is 6.12. The van der Waals surface area contributed by atoms with Gasteiger partial charge in [-0.25, -0.2) is 9.37 Å². The summed E-state index contributed by atoms with van der Waals surface area (Å²) in [5.74, 6) is 0.488. The van der Waals surface area contributed by atoms with Crippen LogP contribution in [0, 0.1) is 5.82 Å². The summed E-state index contributed by atoms with van der Waals surface area (Å²) in [6.45, 7) is 1.92. The molecule has 0 aliphatic rings. The van der Waals surface area contributed by atoms with Gasteiger partial charge < -0.3 is 10.3 Å². The standard InChI is InChI=1S/C11H13FN4O/c1-7(13)2-5-10-15-11(16-17-10)9-4-3-8(12)6-14-9/h3-4,6-7H,2,5,13H2,1H3. The fourth-order valence-corrected chi connectivity index (χ4v) is 1.32. The van der Waals surface area contributed by atoms with Crippen molar-refractivity contribution >= 4 is 0 Å². The molecule has 0 bridgehead atoms. The molecule has 2 rings (SSSR count). The molecule has 6 heteroatoms. The summed E-state index contributed by atoms with van der Waals surface area (Å²) >= 11 is 0. The van der Waals surface area contributed by atoms with Crippen LogP contribution in [0.3, 0.4) is 0 Å². The van der Waals surface area contributed by atoms with E-state index in [1.807, 2.05) is 6.92 Å². The molecule has 0 spiro atoms. The van der Waals surface area contributed by atoms with Crippen molar-refractivity contribution < 1.29 is 8.91 Å². The van der Waals surface area contributed by atoms with Gasteiger partial charge in [0.1, 0.15) is 11.5 Å². The molecular weight excluding hydrogens is 223 g/mol. The van der Waals surface area contributed by atoms with Crippen LogP contribution in [-0.4, -0.2) is 21.2 Å². The van der Waals surface area contributed by atoms with Crippen LogP contribution in [-0.2, 0) is 6.42 Å². The van der Waals surface area contributed by atoms with Gasteiger partial charge in [0, 0.05) is 12.5 Å². The third-order valence-corrected chi connectivity index (χ3v) is 2.24. The van der Waals surface area contributed by atoms with Crippen LogP contribution in [0.25, 0.3) is 11.5 Å². The number of halogens is 1. The molecule has 0 saturated heterocycles. The van der Waals surface area contributed by atoms with E-state index in [4.69, 9.17) is 10.3 Å². The van der Waals surface area contributed by atoms with Crippen molar-refractivity contribution in [3.8, 4) is 11.5 Å². The molecule has 0 radical (unpaired) electrons. The Morgan fingerprint density at radius 1 is 1.47 bits per heavy atom. The van der Waals surface area contributed by atoms with E-state index in [0.29, 0.717) is 23.8 Å². The Hall–Kier alpha value is -1.82. The molecule has 0 amide bonds. The summed E-state index contributed by atoms with van der Waals surface area (Å²) < 4.78 is 17.7. The summed E-state index contributed by atoms with van der Waals surface area (Å²) in [6.07, 6.45) is 2.53. The molecule has 2 heterocycles. The molecular formula is C11H13FN4O. The van der Waals surface area contributed by atoms with Crippen molar-refractivity contribution in [3.63, 3.8) is 0 Å². The van der Waals surface area contributed by atoms with E-state index in [0.717, 1.165) is 12.6 Å². The first-order chi connectivity index (χ1) is 8.15. The molecule has 17 heavy (non-hydrogen) atoms. The highest BCUT2D eigenvalue weighted by atomic mass is 19.1. The third-order valence-electron chi connectivity index (χ3n) is 2.24. The van der Waals surface area contributed by atoms with Crippen molar-refractivity contribution in [1.82, 2.24) is 15.1 Å². The summed E-state index contributed by atoms with van der Waals surface area (Å²) in [5, 5.41) is 3.78. The molecule has 2 N–H and O–H groups in total. The minimum Gasteiger partial charge on any atom is -0.339 e. The average Bonchev–Trinajstić information content (AvgIpc) is 2.76. The first-order valence-electron chi connectivity index (χ1n) is 5.35. The average molecular weight is 236 g/mol. The Balaban J connectivity index is 2.10. The Morgan fingerprint density at radius 3 is 2.94 bits per heavy atom. The van der Waals surface area contributed by atoms with Gasteiger partial charge in [0.2, 0.25) is 11.7 Å². The first-order valence-corrected chi connectivity index (χ1v) is 5.35. The second-order valence-corrected chi connectivity index (χ2v) is 3.89. The van der Waals surface area contributed by atoms with Gasteiger partial charge in [0.15, 0.2) is 0 Å². The van der Waals surface area contributed by atoms with Crippen molar-refractivity contribution in [2.24, 2.45) is 5.73 Å². The maximum absolute atomic E-state index is 12.7. The second-order valence-electron chi connectivity index (χ2n) is 3.89. The molecule has 2 aromatic rings. The Kier molecular flexibility index (Phi) is 3.43. The van der Waals surface area contributed by atoms with Crippen molar-refractivity contribution in [1.29, 1.82) is 0 Å². The van der Waals surface area contributed by atoms with E-state index in [1.54, 1.807) is 0 Å². The molecule has 0 aromatic carbocycles. The Bertz CT molecular complexity index is 480. The zero-order chi connectivity index (χ0) is 12.3. The lowest BCUT2D eigenvalue weighted by Gasteiger charge is -1.99. The topological polar surface area (TPSA) is 77.8 Å². The minimum atomic E-state index is -0.394. The summed E-state index contributed by atoms with van der Waals surface area (Å²) in [7, 11) is 0. The number of nitrogens with two attached hydrogens (primary N) is 1. The Morgan fingerprint density at radius 2 is 2.29 bits per heavy atom. The Labute approximate surface area is 97.9 Å². The van der Waals surface area contributed by atoms with Gasteiger partial charge in [-0.1, -0.05) is 5.16 Å². The molecule has 0 fully saturated rings. The lowest BCUT2D eigenvalue weighted by molar-refractivity contribution is 0.372. The molecule has 0 saturated carbocycles.